The summed E-state index contributed by atoms with van der Waals surface area (Å²) in [5.74, 6) is 0.122. The van der Waals surface area contributed by atoms with E-state index in [4.69, 9.17) is 9.47 Å². The highest BCUT2D eigenvalue weighted by molar-refractivity contribution is 9.09. The maximum atomic E-state index is 13.5. The number of alkyl halides is 2. The van der Waals surface area contributed by atoms with Gasteiger partial charge >= 0.3 is 0 Å². The quantitative estimate of drug-likeness (QED) is 0.442. The van der Waals surface area contributed by atoms with Crippen LogP contribution in [-0.2, 0) is 17.6 Å². The van der Waals surface area contributed by atoms with E-state index in [1.807, 2.05) is 0 Å². The molecule has 0 radical (unpaired) electrons. The van der Waals surface area contributed by atoms with Crippen LogP contribution in [0.2, 0.25) is 0 Å². The van der Waals surface area contributed by atoms with Crippen molar-refractivity contribution < 1.29 is 23.0 Å². The van der Waals surface area contributed by atoms with Crippen LogP contribution in [0, 0.1) is 23.5 Å². The first-order valence-corrected chi connectivity index (χ1v) is 12.3. The fourth-order valence-corrected chi connectivity index (χ4v) is 5.79. The highest BCUT2D eigenvalue weighted by Gasteiger charge is 2.40. The first-order valence-electron chi connectivity index (χ1n) is 10.1. The molecule has 0 N–H and O–H groups in total. The normalized spacial score (nSPS) is 22.1. The van der Waals surface area contributed by atoms with Gasteiger partial charge in [-0.25, -0.2) is 8.78 Å². The number of halogens is 4. The van der Waals surface area contributed by atoms with Crippen molar-refractivity contribution >= 4 is 37.6 Å². The van der Waals surface area contributed by atoms with E-state index in [0.29, 0.717) is 47.8 Å². The fraction of sp³-hybridized carbons (Fsp3) is 0.435. The number of ether oxygens (including phenoxy) is 2. The van der Waals surface area contributed by atoms with E-state index in [1.54, 1.807) is 12.1 Å². The molecular formula is C23H22Br2F2O3. The molecule has 4 unspecified atom stereocenters. The highest BCUT2D eigenvalue weighted by Crippen LogP contribution is 2.36. The Kier molecular flexibility index (Phi) is 6.78. The maximum Gasteiger partial charge on any atom is 0.148 e. The van der Waals surface area contributed by atoms with E-state index < -0.39 is 0 Å². The van der Waals surface area contributed by atoms with Crippen molar-refractivity contribution in [2.75, 3.05) is 10.7 Å². The summed E-state index contributed by atoms with van der Waals surface area (Å²) in [4.78, 5) is 13.5. The van der Waals surface area contributed by atoms with Gasteiger partial charge in [0.15, 0.2) is 0 Å². The third kappa shape index (κ3) is 4.42. The molecule has 2 aromatic carbocycles. The summed E-state index contributed by atoms with van der Waals surface area (Å²) in [5, 5.41) is 0.954. The van der Waals surface area contributed by atoms with Crippen LogP contribution in [-0.4, -0.2) is 28.7 Å². The van der Waals surface area contributed by atoms with Gasteiger partial charge in [-0.05, 0) is 73.2 Å². The molecule has 7 heteroatoms. The van der Waals surface area contributed by atoms with Crippen molar-refractivity contribution in [3.8, 4) is 11.5 Å². The van der Waals surface area contributed by atoms with Gasteiger partial charge in [0.1, 0.15) is 41.1 Å². The molecule has 2 aliphatic rings. The molecule has 0 aliphatic carbocycles. The predicted molar refractivity (Wildman–Crippen MR) is 118 cm³/mol. The monoisotopic (exact) mass is 542 g/mol. The van der Waals surface area contributed by atoms with Gasteiger partial charge in [-0.15, -0.1) is 0 Å². The molecule has 4 atom stereocenters. The van der Waals surface area contributed by atoms with Crippen LogP contribution < -0.4 is 9.47 Å². The lowest BCUT2D eigenvalue weighted by atomic mass is 9.82. The Balaban J connectivity index is 1.49. The van der Waals surface area contributed by atoms with Gasteiger partial charge in [0.25, 0.3) is 0 Å². The van der Waals surface area contributed by atoms with Crippen LogP contribution in [0.3, 0.4) is 0 Å². The number of carbonyl (C=O) groups is 1. The zero-order chi connectivity index (χ0) is 21.3. The van der Waals surface area contributed by atoms with Gasteiger partial charge in [0, 0.05) is 10.7 Å². The molecule has 0 bridgehead atoms. The Hall–Kier alpha value is -1.47. The zero-order valence-electron chi connectivity index (χ0n) is 16.3. The molecule has 3 nitrogen and oxygen atoms in total. The van der Waals surface area contributed by atoms with E-state index in [-0.39, 0.29) is 41.5 Å². The first-order chi connectivity index (χ1) is 14.5. The van der Waals surface area contributed by atoms with Crippen LogP contribution in [0.4, 0.5) is 8.78 Å². The third-order valence-corrected chi connectivity index (χ3v) is 7.35. The fourth-order valence-electron chi connectivity index (χ4n) is 4.32. The lowest BCUT2D eigenvalue weighted by molar-refractivity contribution is -0.131. The maximum absolute atomic E-state index is 13.5. The smallest absolute Gasteiger partial charge is 0.148 e. The van der Waals surface area contributed by atoms with Crippen LogP contribution in [0.1, 0.15) is 24.0 Å². The highest BCUT2D eigenvalue weighted by atomic mass is 79.9. The molecule has 0 saturated heterocycles. The largest absolute Gasteiger partial charge is 0.489 e. The van der Waals surface area contributed by atoms with Crippen molar-refractivity contribution in [1.29, 1.82) is 0 Å². The number of Topliss-reactive ketones (excluding diaryl/α,β-unsaturated/α-hetero) is 1. The summed E-state index contributed by atoms with van der Waals surface area (Å²) in [7, 11) is 0. The van der Waals surface area contributed by atoms with Crippen molar-refractivity contribution in [3.63, 3.8) is 0 Å². The summed E-state index contributed by atoms with van der Waals surface area (Å²) in [6.45, 7) is 0. The molecule has 2 aromatic rings. The van der Waals surface area contributed by atoms with Gasteiger partial charge < -0.3 is 9.47 Å². The molecule has 0 spiro atoms. The average molecular weight is 544 g/mol. The number of benzene rings is 2. The van der Waals surface area contributed by atoms with Crippen LogP contribution in [0.15, 0.2) is 36.4 Å². The van der Waals surface area contributed by atoms with Gasteiger partial charge in [-0.3, -0.25) is 4.79 Å². The van der Waals surface area contributed by atoms with E-state index in [1.165, 1.54) is 24.3 Å². The molecule has 0 aromatic heterocycles. The minimum absolute atomic E-state index is 0.0786. The summed E-state index contributed by atoms with van der Waals surface area (Å²) in [6.07, 6.45) is 2.10. The van der Waals surface area contributed by atoms with Crippen LogP contribution >= 0.6 is 31.9 Å². The summed E-state index contributed by atoms with van der Waals surface area (Å²) < 4.78 is 39.1. The van der Waals surface area contributed by atoms with Gasteiger partial charge in [0.2, 0.25) is 0 Å². The van der Waals surface area contributed by atoms with Crippen molar-refractivity contribution in [2.45, 2.75) is 37.9 Å². The Labute approximate surface area is 191 Å². The average Bonchev–Trinajstić information content (AvgIpc) is 2.75. The first kappa shape index (κ1) is 21.8. The van der Waals surface area contributed by atoms with Crippen molar-refractivity contribution in [1.82, 2.24) is 0 Å². The number of aryl methyl sites for hydroxylation is 2. The van der Waals surface area contributed by atoms with Gasteiger partial charge in [0.05, 0.1) is 11.8 Å². The Morgan fingerprint density at radius 2 is 1.30 bits per heavy atom. The summed E-state index contributed by atoms with van der Waals surface area (Å²) in [6, 6.07) is 9.01. The number of rotatable bonds is 6. The topological polar surface area (TPSA) is 35.5 Å². The molecule has 160 valence electrons. The number of hydrogen-bond donors (Lipinski definition) is 0. The van der Waals surface area contributed by atoms with E-state index in [2.05, 4.69) is 31.9 Å². The molecular weight excluding hydrogens is 522 g/mol. The lowest BCUT2D eigenvalue weighted by Gasteiger charge is -2.35. The Morgan fingerprint density at radius 3 is 1.70 bits per heavy atom. The molecule has 0 fully saturated rings. The van der Waals surface area contributed by atoms with E-state index in [0.717, 1.165) is 11.1 Å². The summed E-state index contributed by atoms with van der Waals surface area (Å²) in [5.41, 5.74) is 1.67. The Bertz CT molecular complexity index is 863. The van der Waals surface area contributed by atoms with Gasteiger partial charge in [-0.1, -0.05) is 31.9 Å². The molecule has 2 heterocycles. The second-order valence-electron chi connectivity index (χ2n) is 7.82. The SMILES string of the molecule is O=C(C(CBr)C1CCc2cc(F)ccc2O1)C(CBr)C1CCc2cc(F)ccc2O1. The standard InChI is InChI=1S/C23H22Br2F2O3/c24-11-17(21-5-1-13-9-15(26)3-7-19(13)29-21)23(28)18(12-25)22-6-2-14-10-16(27)4-8-20(14)30-22/h3-4,7-10,17-18,21-22H,1-2,5-6,11-12H2. The minimum Gasteiger partial charge on any atom is -0.489 e. The number of carbonyl (C=O) groups excluding carboxylic acids is 1. The molecule has 4 rings (SSSR count). The van der Waals surface area contributed by atoms with Crippen molar-refractivity contribution in [2.24, 2.45) is 11.8 Å². The molecule has 30 heavy (non-hydrogen) atoms. The second-order valence-corrected chi connectivity index (χ2v) is 9.11. The third-order valence-electron chi connectivity index (χ3n) is 5.96. The lowest BCUT2D eigenvalue weighted by Crippen LogP contribution is -2.45. The summed E-state index contributed by atoms with van der Waals surface area (Å²) >= 11 is 7.00. The molecule has 0 amide bonds. The van der Waals surface area contributed by atoms with Gasteiger partial charge in [-0.2, -0.15) is 0 Å². The second kappa shape index (κ2) is 9.35. The minimum atomic E-state index is -0.344. The zero-order valence-corrected chi connectivity index (χ0v) is 19.4. The predicted octanol–water partition coefficient (Wildman–Crippen LogP) is 5.64. The molecule has 0 saturated carbocycles. The van der Waals surface area contributed by atoms with E-state index in [9.17, 15) is 13.6 Å². The molecule has 2 aliphatic heterocycles. The van der Waals surface area contributed by atoms with Crippen LogP contribution in [0.5, 0.6) is 11.5 Å². The number of ketones is 1. The van der Waals surface area contributed by atoms with E-state index >= 15 is 0 Å². The van der Waals surface area contributed by atoms with Crippen LogP contribution in [0.25, 0.3) is 0 Å². The van der Waals surface area contributed by atoms with Crippen molar-refractivity contribution in [3.05, 3.63) is 59.2 Å². The number of fused-ring (bicyclic) bond motifs is 2. The number of hydrogen-bond acceptors (Lipinski definition) is 3. The Morgan fingerprint density at radius 1 is 0.867 bits per heavy atom.